The third-order valence-corrected chi connectivity index (χ3v) is 3.02. The van der Waals surface area contributed by atoms with Gasteiger partial charge in [0, 0.05) is 5.39 Å². The standard InChI is InChI=1S/C10H11NS.C2H6/c1-3-8-4-5-9-7(2)11-12-10(9)6-8;1-2/h4-6H,3H2,1-2H3;1-2H3. The molecule has 0 N–H and O–H groups in total. The van der Waals surface area contributed by atoms with Crippen LogP contribution in [0.15, 0.2) is 18.2 Å². The number of hydrogen-bond donors (Lipinski definition) is 0. The van der Waals surface area contributed by atoms with Gasteiger partial charge >= 0.3 is 0 Å². The minimum Gasteiger partial charge on any atom is -0.197 e. The molecule has 0 aliphatic rings. The van der Waals surface area contributed by atoms with E-state index in [0.717, 1.165) is 12.1 Å². The van der Waals surface area contributed by atoms with E-state index in [-0.39, 0.29) is 0 Å². The molecule has 0 aliphatic heterocycles. The van der Waals surface area contributed by atoms with Crippen LogP contribution >= 0.6 is 11.5 Å². The van der Waals surface area contributed by atoms with Gasteiger partial charge in [0.2, 0.25) is 0 Å². The highest BCUT2D eigenvalue weighted by molar-refractivity contribution is 7.13. The molecule has 1 aromatic carbocycles. The number of aromatic nitrogens is 1. The smallest absolute Gasteiger partial charge is 0.0589 e. The number of fused-ring (bicyclic) bond motifs is 1. The van der Waals surface area contributed by atoms with Crippen LogP contribution in [0, 0.1) is 6.92 Å². The molecule has 0 aliphatic carbocycles. The molecule has 0 amide bonds. The topological polar surface area (TPSA) is 12.9 Å². The first kappa shape index (κ1) is 11.2. The van der Waals surface area contributed by atoms with Crippen LogP contribution in [0.3, 0.4) is 0 Å². The monoisotopic (exact) mass is 207 g/mol. The zero-order valence-electron chi connectivity index (χ0n) is 9.29. The van der Waals surface area contributed by atoms with Gasteiger partial charge in [-0.3, -0.25) is 0 Å². The van der Waals surface area contributed by atoms with E-state index in [0.29, 0.717) is 0 Å². The third-order valence-electron chi connectivity index (χ3n) is 2.12. The van der Waals surface area contributed by atoms with Crippen molar-refractivity contribution in [2.75, 3.05) is 0 Å². The molecular formula is C12H17NS. The second kappa shape index (κ2) is 5.11. The molecule has 0 bridgehead atoms. The summed E-state index contributed by atoms with van der Waals surface area (Å²) in [6, 6.07) is 6.59. The molecule has 2 rings (SSSR count). The van der Waals surface area contributed by atoms with Crippen molar-refractivity contribution >= 4 is 21.6 Å². The zero-order chi connectivity index (χ0) is 10.6. The first-order valence-corrected chi connectivity index (χ1v) is 5.93. The Bertz CT molecular complexity index is 404. The highest BCUT2D eigenvalue weighted by atomic mass is 32.1. The van der Waals surface area contributed by atoms with E-state index >= 15 is 0 Å². The van der Waals surface area contributed by atoms with Gasteiger partial charge in [0.15, 0.2) is 0 Å². The number of nitrogens with zero attached hydrogens (tertiary/aromatic N) is 1. The summed E-state index contributed by atoms with van der Waals surface area (Å²) in [5.41, 5.74) is 2.55. The summed E-state index contributed by atoms with van der Waals surface area (Å²) in [5.74, 6) is 0. The van der Waals surface area contributed by atoms with Gasteiger partial charge < -0.3 is 0 Å². The van der Waals surface area contributed by atoms with E-state index in [4.69, 9.17) is 0 Å². The highest BCUT2D eigenvalue weighted by Gasteiger charge is 2.00. The summed E-state index contributed by atoms with van der Waals surface area (Å²) in [6.45, 7) is 8.24. The Balaban J connectivity index is 0.000000461. The predicted octanol–water partition coefficient (Wildman–Crippen LogP) is 4.19. The average Bonchev–Trinajstić information content (AvgIpc) is 2.63. The van der Waals surface area contributed by atoms with Gasteiger partial charge in [-0.15, -0.1) is 0 Å². The molecule has 0 fully saturated rings. The van der Waals surface area contributed by atoms with Gasteiger partial charge in [-0.25, -0.2) is 0 Å². The van der Waals surface area contributed by atoms with Crippen molar-refractivity contribution in [2.24, 2.45) is 0 Å². The first-order chi connectivity index (χ1) is 6.81. The number of rotatable bonds is 1. The molecule has 1 aromatic heterocycles. The fourth-order valence-electron chi connectivity index (χ4n) is 1.33. The molecular weight excluding hydrogens is 190 g/mol. The normalized spacial score (nSPS) is 9.71. The van der Waals surface area contributed by atoms with Crippen LogP contribution in [0.5, 0.6) is 0 Å². The summed E-state index contributed by atoms with van der Waals surface area (Å²) in [6.07, 6.45) is 1.10. The zero-order valence-corrected chi connectivity index (χ0v) is 10.1. The first-order valence-electron chi connectivity index (χ1n) is 5.16. The Kier molecular flexibility index (Phi) is 4.08. The molecule has 2 heteroatoms. The summed E-state index contributed by atoms with van der Waals surface area (Å²) in [5, 5.41) is 1.30. The van der Waals surface area contributed by atoms with Crippen molar-refractivity contribution in [1.82, 2.24) is 4.37 Å². The molecule has 14 heavy (non-hydrogen) atoms. The summed E-state index contributed by atoms with van der Waals surface area (Å²) in [7, 11) is 0. The van der Waals surface area contributed by atoms with E-state index < -0.39 is 0 Å². The van der Waals surface area contributed by atoms with E-state index in [9.17, 15) is 0 Å². The van der Waals surface area contributed by atoms with Crippen LogP contribution in [0.25, 0.3) is 10.1 Å². The Morgan fingerprint density at radius 1 is 1.29 bits per heavy atom. The van der Waals surface area contributed by atoms with Crippen molar-refractivity contribution in [3.8, 4) is 0 Å². The number of hydrogen-bond acceptors (Lipinski definition) is 2. The van der Waals surface area contributed by atoms with Crippen molar-refractivity contribution in [2.45, 2.75) is 34.1 Å². The van der Waals surface area contributed by atoms with Gasteiger partial charge in [0.1, 0.15) is 0 Å². The summed E-state index contributed by atoms with van der Waals surface area (Å²) < 4.78 is 5.62. The van der Waals surface area contributed by atoms with Crippen LogP contribution in [0.2, 0.25) is 0 Å². The van der Waals surface area contributed by atoms with Gasteiger partial charge in [0.25, 0.3) is 0 Å². The fraction of sp³-hybridized carbons (Fsp3) is 0.417. The molecule has 1 heterocycles. The van der Waals surface area contributed by atoms with Crippen molar-refractivity contribution in [3.63, 3.8) is 0 Å². The lowest BCUT2D eigenvalue weighted by Crippen LogP contribution is -1.77. The maximum absolute atomic E-state index is 4.31. The van der Waals surface area contributed by atoms with E-state index in [1.807, 2.05) is 13.8 Å². The molecule has 1 nitrogen and oxygen atoms in total. The van der Waals surface area contributed by atoms with Crippen molar-refractivity contribution in [1.29, 1.82) is 0 Å². The molecule has 0 unspecified atom stereocenters. The molecule has 76 valence electrons. The largest absolute Gasteiger partial charge is 0.197 e. The second-order valence-electron chi connectivity index (χ2n) is 2.95. The lowest BCUT2D eigenvalue weighted by molar-refractivity contribution is 1.15. The Morgan fingerprint density at radius 2 is 2.00 bits per heavy atom. The number of aryl methyl sites for hydroxylation is 2. The van der Waals surface area contributed by atoms with E-state index in [1.165, 1.54) is 15.6 Å². The minimum absolute atomic E-state index is 1.10. The SMILES string of the molecule is CC.CCc1ccc2c(C)nsc2c1. The van der Waals surface area contributed by atoms with E-state index in [2.05, 4.69) is 36.4 Å². The highest BCUT2D eigenvalue weighted by Crippen LogP contribution is 2.23. The fourth-order valence-corrected chi connectivity index (χ4v) is 2.18. The Hall–Kier alpha value is -0.890. The minimum atomic E-state index is 1.10. The molecule has 0 saturated carbocycles. The molecule has 0 radical (unpaired) electrons. The van der Waals surface area contributed by atoms with Gasteiger partial charge in [-0.05, 0) is 36.5 Å². The lowest BCUT2D eigenvalue weighted by atomic mass is 10.1. The van der Waals surface area contributed by atoms with Crippen LogP contribution in [-0.2, 0) is 6.42 Å². The summed E-state index contributed by atoms with van der Waals surface area (Å²) >= 11 is 1.59. The quantitative estimate of drug-likeness (QED) is 0.683. The molecule has 2 aromatic rings. The maximum Gasteiger partial charge on any atom is 0.0589 e. The molecule has 0 spiro atoms. The molecule has 0 saturated heterocycles. The predicted molar refractivity (Wildman–Crippen MR) is 65.1 cm³/mol. The Labute approximate surface area is 89.9 Å². The third kappa shape index (κ3) is 2.13. The van der Waals surface area contributed by atoms with Crippen LogP contribution in [0.4, 0.5) is 0 Å². The maximum atomic E-state index is 4.31. The second-order valence-corrected chi connectivity index (χ2v) is 3.76. The van der Waals surface area contributed by atoms with Crippen molar-refractivity contribution in [3.05, 3.63) is 29.5 Å². The summed E-state index contributed by atoms with van der Waals surface area (Å²) in [4.78, 5) is 0. The lowest BCUT2D eigenvalue weighted by Gasteiger charge is -1.94. The van der Waals surface area contributed by atoms with Crippen molar-refractivity contribution < 1.29 is 0 Å². The van der Waals surface area contributed by atoms with Crippen LogP contribution in [-0.4, -0.2) is 4.37 Å². The van der Waals surface area contributed by atoms with Gasteiger partial charge in [0.05, 0.1) is 10.4 Å². The van der Waals surface area contributed by atoms with Crippen LogP contribution < -0.4 is 0 Å². The Morgan fingerprint density at radius 3 is 2.64 bits per heavy atom. The van der Waals surface area contributed by atoms with Gasteiger partial charge in [-0.2, -0.15) is 4.37 Å². The average molecular weight is 207 g/mol. The van der Waals surface area contributed by atoms with E-state index in [1.54, 1.807) is 11.5 Å². The number of benzene rings is 1. The molecule has 0 atom stereocenters. The van der Waals surface area contributed by atoms with Gasteiger partial charge in [-0.1, -0.05) is 32.9 Å². The van der Waals surface area contributed by atoms with Crippen LogP contribution in [0.1, 0.15) is 32.0 Å².